The van der Waals surface area contributed by atoms with Crippen molar-refractivity contribution in [3.63, 3.8) is 0 Å². The van der Waals surface area contributed by atoms with Gasteiger partial charge in [-0.3, -0.25) is 4.79 Å². The molecule has 1 aliphatic carbocycles. The fraction of sp³-hybridized carbons (Fsp3) is 0.516. The van der Waals surface area contributed by atoms with Gasteiger partial charge in [0.1, 0.15) is 12.2 Å². The Kier molecular flexibility index (Phi) is 7.40. The van der Waals surface area contributed by atoms with Crippen LogP contribution in [0.1, 0.15) is 89.8 Å². The number of alkyl halides is 3. The molecule has 3 aliphatic rings. The molecule has 0 bridgehead atoms. The first-order valence-electron chi connectivity index (χ1n) is 14.4. The number of rotatable bonds is 8. The van der Waals surface area contributed by atoms with Crippen molar-refractivity contribution in [3.8, 4) is 0 Å². The average Bonchev–Trinajstić information content (AvgIpc) is 3.51. The first kappa shape index (κ1) is 27.9. The van der Waals surface area contributed by atoms with E-state index < -0.39 is 17.6 Å². The highest BCUT2D eigenvalue weighted by Crippen LogP contribution is 2.41. The monoisotopic (exact) mass is 567 g/mol. The van der Waals surface area contributed by atoms with Gasteiger partial charge in [-0.2, -0.15) is 13.2 Å². The number of amides is 1. The summed E-state index contributed by atoms with van der Waals surface area (Å²) in [5.74, 6) is 0.803. The summed E-state index contributed by atoms with van der Waals surface area (Å²) in [6.45, 7) is 3.72. The lowest BCUT2D eigenvalue weighted by Crippen LogP contribution is -2.47. The van der Waals surface area contributed by atoms with E-state index in [1.54, 1.807) is 18.5 Å². The summed E-state index contributed by atoms with van der Waals surface area (Å²) in [5.41, 5.74) is 1.41. The lowest BCUT2D eigenvalue weighted by molar-refractivity contribution is -0.138. The number of aryl methyl sites for hydroxylation is 1. The van der Waals surface area contributed by atoms with Gasteiger partial charge >= 0.3 is 6.18 Å². The van der Waals surface area contributed by atoms with Crippen LogP contribution in [0.3, 0.4) is 0 Å². The maximum absolute atomic E-state index is 14.2. The Hall–Kier alpha value is -3.24. The predicted octanol–water partition coefficient (Wildman–Crippen LogP) is 5.98. The van der Waals surface area contributed by atoms with Crippen molar-refractivity contribution in [1.82, 2.24) is 20.1 Å². The smallest absolute Gasteiger partial charge is 0.381 e. The molecular weight excluding hydrogens is 531 g/mol. The van der Waals surface area contributed by atoms with E-state index in [4.69, 9.17) is 4.74 Å². The summed E-state index contributed by atoms with van der Waals surface area (Å²) in [7, 11) is 1.91. The van der Waals surface area contributed by atoms with Crippen LogP contribution in [0.15, 0.2) is 42.7 Å². The van der Waals surface area contributed by atoms with E-state index in [9.17, 15) is 18.0 Å². The molecule has 1 amide bonds. The number of aromatic nitrogens is 3. The number of halogens is 3. The summed E-state index contributed by atoms with van der Waals surface area (Å²) < 4.78 is 50.2. The Morgan fingerprint density at radius 3 is 2.61 bits per heavy atom. The van der Waals surface area contributed by atoms with Crippen LogP contribution in [0.25, 0.3) is 0 Å². The van der Waals surface area contributed by atoms with E-state index in [2.05, 4.69) is 22.4 Å². The molecule has 1 saturated carbocycles. The van der Waals surface area contributed by atoms with Crippen molar-refractivity contribution in [3.05, 3.63) is 76.4 Å². The molecule has 0 unspecified atom stereocenters. The van der Waals surface area contributed by atoms with Gasteiger partial charge in [-0.25, -0.2) is 0 Å². The van der Waals surface area contributed by atoms with Crippen LogP contribution in [-0.4, -0.2) is 39.4 Å². The molecule has 3 heterocycles. The van der Waals surface area contributed by atoms with E-state index in [1.807, 2.05) is 29.8 Å². The molecular formula is C31H36F3N5O2. The second kappa shape index (κ2) is 10.9. The van der Waals surface area contributed by atoms with Crippen LogP contribution in [0.5, 0.6) is 0 Å². The fourth-order valence-corrected chi connectivity index (χ4v) is 6.45. The molecule has 1 aromatic heterocycles. The first-order valence-corrected chi connectivity index (χ1v) is 14.4. The number of hydrogen-bond donors (Lipinski definition) is 1. The molecule has 10 heteroatoms. The van der Waals surface area contributed by atoms with Crippen molar-refractivity contribution in [2.75, 3.05) is 18.1 Å². The van der Waals surface area contributed by atoms with Gasteiger partial charge in [0, 0.05) is 49.5 Å². The summed E-state index contributed by atoms with van der Waals surface area (Å²) in [6.07, 6.45) is 3.00. The highest BCUT2D eigenvalue weighted by Gasteiger charge is 2.41. The highest BCUT2D eigenvalue weighted by atomic mass is 19.4. The molecule has 2 aromatic carbocycles. The number of carbonyl (C=O) groups excluding carboxylic acids is 1. The van der Waals surface area contributed by atoms with Gasteiger partial charge in [-0.05, 0) is 92.3 Å². The number of benzene rings is 2. The molecule has 0 radical (unpaired) electrons. The van der Waals surface area contributed by atoms with Crippen molar-refractivity contribution in [2.45, 2.75) is 76.2 Å². The number of hydrogen-bond acceptors (Lipinski definition) is 5. The molecule has 1 N–H and O–H groups in total. The van der Waals surface area contributed by atoms with Gasteiger partial charge in [-0.1, -0.05) is 12.1 Å². The molecule has 218 valence electrons. The predicted molar refractivity (Wildman–Crippen MR) is 149 cm³/mol. The van der Waals surface area contributed by atoms with E-state index in [0.717, 1.165) is 63.1 Å². The molecule has 1 atom stereocenters. The molecule has 1 saturated heterocycles. The summed E-state index contributed by atoms with van der Waals surface area (Å²) in [4.78, 5) is 15.1. The van der Waals surface area contributed by atoms with E-state index >= 15 is 0 Å². The van der Waals surface area contributed by atoms with Gasteiger partial charge in [0.05, 0.1) is 12.1 Å². The minimum atomic E-state index is -4.56. The van der Waals surface area contributed by atoms with Gasteiger partial charge in [0.2, 0.25) is 0 Å². The average molecular weight is 568 g/mol. The van der Waals surface area contributed by atoms with Crippen LogP contribution in [-0.2, 0) is 31.1 Å². The Labute approximate surface area is 238 Å². The maximum atomic E-state index is 14.2. The molecule has 7 nitrogen and oxygen atoms in total. The standard InChI is InChI=1S/C31H36F3N5O2/c1-30(9-4-10-30)35-17-21-14-25-26(27(15-21)31(32,33)34)18-39(29(25)40)23-6-3-5-22(16-23)24(28-37-36-19-38(28)2)13-20-7-11-41-12-8-20/h3,5-6,14-16,19-20,24,35H,4,7-13,17-18H2,1-2H3/t24-/m1/s1. The molecule has 2 fully saturated rings. The second-order valence-electron chi connectivity index (χ2n) is 12.1. The number of nitrogens with zero attached hydrogens (tertiary/aromatic N) is 4. The molecule has 2 aliphatic heterocycles. The lowest BCUT2D eigenvalue weighted by atomic mass is 9.78. The fourth-order valence-electron chi connectivity index (χ4n) is 6.45. The third-order valence-corrected chi connectivity index (χ3v) is 9.14. The molecule has 0 spiro atoms. The van der Waals surface area contributed by atoms with Gasteiger partial charge in [-0.15, -0.1) is 10.2 Å². The van der Waals surface area contributed by atoms with E-state index in [-0.39, 0.29) is 29.1 Å². The summed E-state index contributed by atoms with van der Waals surface area (Å²) in [6, 6.07) is 10.4. The number of ether oxygens (including phenoxy) is 1. The van der Waals surface area contributed by atoms with Crippen LogP contribution in [0, 0.1) is 5.92 Å². The Bertz CT molecular complexity index is 1430. The third-order valence-electron chi connectivity index (χ3n) is 9.14. The largest absolute Gasteiger partial charge is 0.416 e. The number of carbonyl (C=O) groups is 1. The molecule has 41 heavy (non-hydrogen) atoms. The Morgan fingerprint density at radius 1 is 1.17 bits per heavy atom. The maximum Gasteiger partial charge on any atom is 0.416 e. The zero-order valence-electron chi connectivity index (χ0n) is 23.5. The van der Waals surface area contributed by atoms with Crippen LogP contribution < -0.4 is 10.2 Å². The van der Waals surface area contributed by atoms with Crippen molar-refractivity contribution < 1.29 is 22.7 Å². The molecule has 6 rings (SSSR count). The SMILES string of the molecule is Cn1cnnc1[C@H](CC1CCOCC1)c1cccc(N2Cc3c(cc(CNC4(C)CCC4)cc3C(F)(F)F)C2=O)c1. The first-order chi connectivity index (χ1) is 19.6. The van der Waals surface area contributed by atoms with Crippen LogP contribution in [0.4, 0.5) is 18.9 Å². The highest BCUT2D eigenvalue weighted by molar-refractivity contribution is 6.10. The minimum Gasteiger partial charge on any atom is -0.381 e. The topological polar surface area (TPSA) is 72.3 Å². The normalized spacial score (nSPS) is 19.7. The number of fused-ring (bicyclic) bond motifs is 1. The van der Waals surface area contributed by atoms with Crippen molar-refractivity contribution >= 4 is 11.6 Å². The second-order valence-corrected chi connectivity index (χ2v) is 12.1. The number of anilines is 1. The van der Waals surface area contributed by atoms with E-state index in [1.165, 1.54) is 11.0 Å². The van der Waals surface area contributed by atoms with Gasteiger partial charge < -0.3 is 19.5 Å². The van der Waals surface area contributed by atoms with Gasteiger partial charge in [0.25, 0.3) is 5.91 Å². The summed E-state index contributed by atoms with van der Waals surface area (Å²) >= 11 is 0. The zero-order valence-corrected chi connectivity index (χ0v) is 23.5. The van der Waals surface area contributed by atoms with Gasteiger partial charge in [0.15, 0.2) is 0 Å². The third kappa shape index (κ3) is 5.64. The summed E-state index contributed by atoms with van der Waals surface area (Å²) in [5, 5.41) is 11.9. The lowest BCUT2D eigenvalue weighted by Gasteiger charge is -2.39. The Morgan fingerprint density at radius 2 is 1.95 bits per heavy atom. The number of nitrogens with one attached hydrogen (secondary N) is 1. The van der Waals surface area contributed by atoms with E-state index in [0.29, 0.717) is 23.7 Å². The van der Waals surface area contributed by atoms with Crippen molar-refractivity contribution in [1.29, 1.82) is 0 Å². The minimum absolute atomic E-state index is 0.0403. The van der Waals surface area contributed by atoms with Crippen LogP contribution in [0.2, 0.25) is 0 Å². The Balaban J connectivity index is 1.31. The van der Waals surface area contributed by atoms with Crippen molar-refractivity contribution in [2.24, 2.45) is 13.0 Å². The molecule has 3 aromatic rings. The van der Waals surface area contributed by atoms with Crippen LogP contribution >= 0.6 is 0 Å². The zero-order chi connectivity index (χ0) is 28.8. The quantitative estimate of drug-likeness (QED) is 0.363.